The lowest BCUT2D eigenvalue weighted by molar-refractivity contribution is -0.402. The molecule has 0 saturated carbocycles. The molecule has 1 aromatic carbocycles. The number of nitrogens with zero attached hydrogens (tertiary/aromatic N) is 2. The van der Waals surface area contributed by atoms with Crippen LogP contribution in [-0.2, 0) is 24.3 Å². The van der Waals surface area contributed by atoms with Crippen LogP contribution in [0.5, 0.6) is 11.5 Å². The summed E-state index contributed by atoms with van der Waals surface area (Å²) in [6.07, 6.45) is 0.725. The molecule has 1 N–H and O–H groups in total. The van der Waals surface area contributed by atoms with Crippen LogP contribution in [0.1, 0.15) is 37.7 Å². The van der Waals surface area contributed by atoms with Gasteiger partial charge in [0.15, 0.2) is 11.5 Å². The first-order valence-electron chi connectivity index (χ1n) is 10.1. The number of ether oxygens (including phenoxy) is 2. The van der Waals surface area contributed by atoms with Gasteiger partial charge in [-0.2, -0.15) is 0 Å². The second-order valence-electron chi connectivity index (χ2n) is 8.66. The summed E-state index contributed by atoms with van der Waals surface area (Å²) < 4.78 is 16.0. The molecule has 168 valence electrons. The Hall–Kier alpha value is -3.07. The molecule has 0 saturated heterocycles. The van der Waals surface area contributed by atoms with Gasteiger partial charge in [0.2, 0.25) is 5.91 Å². The van der Waals surface area contributed by atoms with Crippen molar-refractivity contribution in [3.63, 3.8) is 0 Å². The van der Waals surface area contributed by atoms with Gasteiger partial charge in [-0.05, 0) is 41.2 Å². The van der Waals surface area contributed by atoms with Crippen molar-refractivity contribution in [2.75, 3.05) is 20.8 Å². The number of carbonyl (C=O) groups excluding carboxylic acids is 1. The molecule has 1 amide bonds. The molecular formula is C22H29N3O6. The third-order valence-corrected chi connectivity index (χ3v) is 5.45. The van der Waals surface area contributed by atoms with Crippen molar-refractivity contribution in [1.82, 2.24) is 10.2 Å². The summed E-state index contributed by atoms with van der Waals surface area (Å²) in [6.45, 7) is 7.25. The fraction of sp³-hybridized carbons (Fsp3) is 0.500. The van der Waals surface area contributed by atoms with E-state index in [9.17, 15) is 14.9 Å². The van der Waals surface area contributed by atoms with Crippen LogP contribution in [0.15, 0.2) is 28.7 Å². The minimum Gasteiger partial charge on any atom is -0.493 e. The summed E-state index contributed by atoms with van der Waals surface area (Å²) in [7, 11) is 3.20. The van der Waals surface area contributed by atoms with E-state index in [4.69, 9.17) is 13.9 Å². The third-order valence-electron chi connectivity index (χ3n) is 5.45. The monoisotopic (exact) mass is 431 g/mol. The van der Waals surface area contributed by atoms with Gasteiger partial charge in [0.25, 0.3) is 0 Å². The molecule has 0 radical (unpaired) electrons. The second-order valence-corrected chi connectivity index (χ2v) is 8.66. The minimum atomic E-state index is -0.579. The molecule has 0 unspecified atom stereocenters. The Bertz CT molecular complexity index is 963. The smallest absolute Gasteiger partial charge is 0.433 e. The van der Waals surface area contributed by atoms with Crippen LogP contribution in [0.4, 0.5) is 5.88 Å². The van der Waals surface area contributed by atoms with E-state index < -0.39 is 11.0 Å². The molecule has 31 heavy (non-hydrogen) atoms. The zero-order valence-corrected chi connectivity index (χ0v) is 18.6. The standard InChI is InChI=1S/C22H29N3O6/c1-22(2,3)20(23-12-16-6-7-19(31-16)25(27)28)21(26)24-9-8-14-10-17(29-4)18(30-5)11-15(14)13-24/h6-7,10-11,20,23H,8-9,12-13H2,1-5H3/t20-/m1/s1. The first-order valence-corrected chi connectivity index (χ1v) is 10.1. The van der Waals surface area contributed by atoms with Crippen molar-refractivity contribution in [2.45, 2.75) is 46.3 Å². The number of amides is 1. The number of hydrogen-bond donors (Lipinski definition) is 1. The van der Waals surface area contributed by atoms with Crippen LogP contribution in [-0.4, -0.2) is 42.5 Å². The molecule has 1 aromatic heterocycles. The lowest BCUT2D eigenvalue weighted by Crippen LogP contribution is -2.53. The molecule has 0 bridgehead atoms. The van der Waals surface area contributed by atoms with Gasteiger partial charge in [-0.15, -0.1) is 0 Å². The fourth-order valence-corrected chi connectivity index (χ4v) is 3.78. The highest BCUT2D eigenvalue weighted by Crippen LogP contribution is 2.34. The average Bonchev–Trinajstić information content (AvgIpc) is 3.20. The van der Waals surface area contributed by atoms with Crippen molar-refractivity contribution >= 4 is 11.8 Å². The van der Waals surface area contributed by atoms with Gasteiger partial charge in [0, 0.05) is 13.1 Å². The summed E-state index contributed by atoms with van der Waals surface area (Å²) in [4.78, 5) is 25.5. The van der Waals surface area contributed by atoms with E-state index in [0.29, 0.717) is 30.3 Å². The Labute approximate surface area is 181 Å². The number of benzene rings is 1. The molecule has 1 aliphatic heterocycles. The zero-order valence-electron chi connectivity index (χ0n) is 18.6. The van der Waals surface area contributed by atoms with Gasteiger partial charge in [0.1, 0.15) is 10.7 Å². The number of fused-ring (bicyclic) bond motifs is 1. The maximum absolute atomic E-state index is 13.4. The summed E-state index contributed by atoms with van der Waals surface area (Å²) >= 11 is 0. The van der Waals surface area contributed by atoms with Crippen LogP contribution >= 0.6 is 0 Å². The predicted octanol–water partition coefficient (Wildman–Crippen LogP) is 3.29. The molecule has 9 heteroatoms. The van der Waals surface area contributed by atoms with E-state index in [2.05, 4.69) is 5.32 Å². The number of rotatable bonds is 7. The van der Waals surface area contributed by atoms with Gasteiger partial charge in [-0.25, -0.2) is 0 Å². The Kier molecular flexibility index (Phi) is 6.54. The van der Waals surface area contributed by atoms with Crippen molar-refractivity contribution < 1.29 is 23.6 Å². The molecular weight excluding hydrogens is 402 g/mol. The van der Waals surface area contributed by atoms with E-state index in [1.54, 1.807) is 20.3 Å². The van der Waals surface area contributed by atoms with Crippen molar-refractivity contribution in [1.29, 1.82) is 0 Å². The lowest BCUT2D eigenvalue weighted by Gasteiger charge is -2.37. The predicted molar refractivity (Wildman–Crippen MR) is 114 cm³/mol. The number of nitrogens with one attached hydrogen (secondary N) is 1. The Balaban J connectivity index is 1.75. The molecule has 0 fully saturated rings. The van der Waals surface area contributed by atoms with E-state index >= 15 is 0 Å². The molecule has 1 atom stereocenters. The first kappa shape index (κ1) is 22.6. The number of nitro groups is 1. The van der Waals surface area contributed by atoms with Crippen molar-refractivity contribution in [3.05, 3.63) is 51.3 Å². The van der Waals surface area contributed by atoms with Crippen molar-refractivity contribution in [2.24, 2.45) is 5.41 Å². The van der Waals surface area contributed by atoms with E-state index in [1.807, 2.05) is 37.8 Å². The Morgan fingerprint density at radius 3 is 2.42 bits per heavy atom. The summed E-state index contributed by atoms with van der Waals surface area (Å²) in [5, 5.41) is 14.1. The fourth-order valence-electron chi connectivity index (χ4n) is 3.78. The van der Waals surface area contributed by atoms with Crippen LogP contribution in [0.25, 0.3) is 0 Å². The maximum atomic E-state index is 13.4. The number of carbonyl (C=O) groups is 1. The zero-order chi connectivity index (χ0) is 22.8. The van der Waals surface area contributed by atoms with E-state index in [-0.39, 0.29) is 23.8 Å². The minimum absolute atomic E-state index is 0.0195. The largest absolute Gasteiger partial charge is 0.493 e. The number of furan rings is 1. The Morgan fingerprint density at radius 1 is 1.23 bits per heavy atom. The van der Waals surface area contributed by atoms with Crippen molar-refractivity contribution in [3.8, 4) is 11.5 Å². The SMILES string of the molecule is COc1cc2c(cc1OC)CN(C(=O)[C@@H](NCc1ccc([N+](=O)[O-])o1)C(C)(C)C)CC2. The topological polar surface area (TPSA) is 107 Å². The molecule has 2 aromatic rings. The van der Waals surface area contributed by atoms with Gasteiger partial charge in [-0.1, -0.05) is 20.8 Å². The number of hydrogen-bond acceptors (Lipinski definition) is 7. The quantitative estimate of drug-likeness (QED) is 0.529. The van der Waals surface area contributed by atoms with Crippen LogP contribution in [0, 0.1) is 15.5 Å². The van der Waals surface area contributed by atoms with Gasteiger partial charge in [-0.3, -0.25) is 20.2 Å². The van der Waals surface area contributed by atoms with Crippen LogP contribution in [0.2, 0.25) is 0 Å². The number of methoxy groups -OCH3 is 2. The van der Waals surface area contributed by atoms with Gasteiger partial charge >= 0.3 is 5.88 Å². The van der Waals surface area contributed by atoms with E-state index in [1.165, 1.54) is 6.07 Å². The molecule has 2 heterocycles. The summed E-state index contributed by atoms with van der Waals surface area (Å²) in [5.74, 6) is 1.40. The maximum Gasteiger partial charge on any atom is 0.433 e. The van der Waals surface area contributed by atoms with Gasteiger partial charge in [0.05, 0.1) is 32.9 Å². The summed E-state index contributed by atoms with van der Waals surface area (Å²) in [5.41, 5.74) is 1.81. The highest BCUT2D eigenvalue weighted by atomic mass is 16.6. The second kappa shape index (κ2) is 8.97. The molecule has 1 aliphatic rings. The van der Waals surface area contributed by atoms with E-state index in [0.717, 1.165) is 17.5 Å². The summed E-state index contributed by atoms with van der Waals surface area (Å²) in [6, 6.07) is 6.27. The molecule has 0 aliphatic carbocycles. The van der Waals surface area contributed by atoms with Crippen LogP contribution in [0.3, 0.4) is 0 Å². The Morgan fingerprint density at radius 2 is 1.87 bits per heavy atom. The molecule has 3 rings (SSSR count). The average molecular weight is 431 g/mol. The third kappa shape index (κ3) is 4.99. The molecule has 0 spiro atoms. The first-order chi connectivity index (χ1) is 14.6. The lowest BCUT2D eigenvalue weighted by atomic mass is 9.85. The highest BCUT2D eigenvalue weighted by molar-refractivity contribution is 5.83. The van der Waals surface area contributed by atoms with Gasteiger partial charge < -0.3 is 18.8 Å². The molecule has 9 nitrogen and oxygen atoms in total. The van der Waals surface area contributed by atoms with Crippen LogP contribution < -0.4 is 14.8 Å². The highest BCUT2D eigenvalue weighted by Gasteiger charge is 2.35. The normalized spacial score (nSPS) is 14.7.